The van der Waals surface area contributed by atoms with Gasteiger partial charge >= 0.3 is 0 Å². The molecule has 3 heterocycles. The smallest absolute Gasteiger partial charge is 0.250 e. The number of rotatable bonds is 6. The van der Waals surface area contributed by atoms with Gasteiger partial charge < -0.3 is 14.0 Å². The van der Waals surface area contributed by atoms with Crippen molar-refractivity contribution in [3.63, 3.8) is 0 Å². The van der Waals surface area contributed by atoms with Crippen molar-refractivity contribution >= 4 is 11.6 Å². The number of hydrogen-bond acceptors (Lipinski definition) is 6. The van der Waals surface area contributed by atoms with Crippen molar-refractivity contribution < 1.29 is 9.47 Å². The van der Waals surface area contributed by atoms with E-state index in [9.17, 15) is 4.79 Å². The average molecular weight is 427 g/mol. The summed E-state index contributed by atoms with van der Waals surface area (Å²) >= 11 is 6.38. The van der Waals surface area contributed by atoms with E-state index in [2.05, 4.69) is 21.9 Å². The third-order valence-corrected chi connectivity index (χ3v) is 5.96. The first kappa shape index (κ1) is 20.3. The van der Waals surface area contributed by atoms with E-state index in [1.165, 1.54) is 10.6 Å². The van der Waals surface area contributed by atoms with Crippen molar-refractivity contribution in [3.8, 4) is 22.8 Å². The van der Waals surface area contributed by atoms with Gasteiger partial charge in [-0.2, -0.15) is 4.98 Å². The number of pyridine rings is 2. The predicted molar refractivity (Wildman–Crippen MR) is 114 cm³/mol. The first-order valence-electron chi connectivity index (χ1n) is 9.72. The Bertz CT molecular complexity index is 1130. The SMILES string of the molecule is COc1ccc([C@H]2[C@H](C)[C@@H]2COc2nc(C)ncc2-c2cc(=O)n(C)cc2Cl)nc1. The Kier molecular flexibility index (Phi) is 5.47. The van der Waals surface area contributed by atoms with E-state index in [4.69, 9.17) is 21.1 Å². The number of nitrogens with zero attached hydrogens (tertiary/aromatic N) is 4. The summed E-state index contributed by atoms with van der Waals surface area (Å²) in [5, 5.41) is 0.439. The maximum absolute atomic E-state index is 12.1. The van der Waals surface area contributed by atoms with Gasteiger partial charge in [-0.3, -0.25) is 9.78 Å². The maximum atomic E-state index is 12.1. The van der Waals surface area contributed by atoms with Gasteiger partial charge in [0.15, 0.2) is 0 Å². The molecule has 1 saturated carbocycles. The molecule has 1 aliphatic rings. The molecule has 1 aliphatic carbocycles. The van der Waals surface area contributed by atoms with Gasteiger partial charge in [-0.1, -0.05) is 18.5 Å². The van der Waals surface area contributed by atoms with Gasteiger partial charge in [0.05, 0.1) is 30.5 Å². The van der Waals surface area contributed by atoms with Crippen LogP contribution in [0.25, 0.3) is 11.1 Å². The summed E-state index contributed by atoms with van der Waals surface area (Å²) in [6.07, 6.45) is 4.97. The fourth-order valence-electron chi connectivity index (χ4n) is 3.72. The van der Waals surface area contributed by atoms with Crippen molar-refractivity contribution in [2.24, 2.45) is 18.9 Å². The van der Waals surface area contributed by atoms with E-state index in [1.807, 2.05) is 12.1 Å². The van der Waals surface area contributed by atoms with Crippen LogP contribution < -0.4 is 15.0 Å². The van der Waals surface area contributed by atoms with Gasteiger partial charge in [-0.25, -0.2) is 4.98 Å². The quantitative estimate of drug-likeness (QED) is 0.598. The van der Waals surface area contributed by atoms with Crippen LogP contribution in [0.3, 0.4) is 0 Å². The second-order valence-corrected chi connectivity index (χ2v) is 8.01. The van der Waals surface area contributed by atoms with Crippen LogP contribution in [0.2, 0.25) is 5.02 Å². The lowest BCUT2D eigenvalue weighted by atomic mass is 10.1. The van der Waals surface area contributed by atoms with Crippen molar-refractivity contribution in [1.29, 1.82) is 0 Å². The Labute approximate surface area is 179 Å². The van der Waals surface area contributed by atoms with Gasteiger partial charge in [-0.05, 0) is 25.0 Å². The zero-order valence-electron chi connectivity index (χ0n) is 17.3. The number of aromatic nitrogens is 4. The van der Waals surface area contributed by atoms with Crippen molar-refractivity contribution in [2.45, 2.75) is 19.8 Å². The molecule has 0 amide bonds. The molecular formula is C22H23ClN4O3. The van der Waals surface area contributed by atoms with Crippen molar-refractivity contribution in [2.75, 3.05) is 13.7 Å². The molecule has 4 rings (SSSR count). The van der Waals surface area contributed by atoms with Crippen LogP contribution in [0.1, 0.15) is 24.4 Å². The van der Waals surface area contributed by atoms with Gasteiger partial charge in [0.2, 0.25) is 5.88 Å². The van der Waals surface area contributed by atoms with Gasteiger partial charge in [0.25, 0.3) is 5.56 Å². The molecule has 30 heavy (non-hydrogen) atoms. The van der Waals surface area contributed by atoms with E-state index < -0.39 is 0 Å². The second kappa shape index (κ2) is 8.07. The summed E-state index contributed by atoms with van der Waals surface area (Å²) in [5.41, 5.74) is 2.04. The summed E-state index contributed by atoms with van der Waals surface area (Å²) in [4.78, 5) is 25.4. The molecule has 0 spiro atoms. The van der Waals surface area contributed by atoms with Gasteiger partial charge in [0.1, 0.15) is 11.6 Å². The summed E-state index contributed by atoms with van der Waals surface area (Å²) in [6, 6.07) is 5.40. The van der Waals surface area contributed by atoms with Crippen LogP contribution in [-0.4, -0.2) is 33.2 Å². The molecule has 0 bridgehead atoms. The molecular weight excluding hydrogens is 404 g/mol. The zero-order chi connectivity index (χ0) is 21.4. The van der Waals surface area contributed by atoms with Crippen LogP contribution in [0.15, 0.2) is 41.6 Å². The Balaban J connectivity index is 1.55. The Morgan fingerprint density at radius 2 is 2.00 bits per heavy atom. The fourth-order valence-corrected chi connectivity index (χ4v) is 4.03. The second-order valence-electron chi connectivity index (χ2n) is 7.60. The minimum Gasteiger partial charge on any atom is -0.495 e. The van der Waals surface area contributed by atoms with Crippen LogP contribution in [-0.2, 0) is 7.05 Å². The molecule has 0 aromatic carbocycles. The molecule has 0 N–H and O–H groups in total. The van der Waals surface area contributed by atoms with E-state index in [1.54, 1.807) is 39.7 Å². The largest absolute Gasteiger partial charge is 0.495 e. The molecule has 1 fully saturated rings. The van der Waals surface area contributed by atoms with Gasteiger partial charge in [0, 0.05) is 48.6 Å². The van der Waals surface area contributed by atoms with Gasteiger partial charge in [-0.15, -0.1) is 0 Å². The Hall–Kier alpha value is -2.93. The minimum absolute atomic E-state index is 0.164. The number of halogens is 1. The molecule has 156 valence electrons. The zero-order valence-corrected chi connectivity index (χ0v) is 18.1. The number of ether oxygens (including phenoxy) is 2. The highest BCUT2D eigenvalue weighted by atomic mass is 35.5. The molecule has 0 unspecified atom stereocenters. The molecule has 0 radical (unpaired) electrons. The van der Waals surface area contributed by atoms with Crippen LogP contribution in [0.5, 0.6) is 11.6 Å². The van der Waals surface area contributed by atoms with Crippen LogP contribution in [0, 0.1) is 18.8 Å². The lowest BCUT2D eigenvalue weighted by Crippen LogP contribution is -2.15. The fraction of sp³-hybridized carbons (Fsp3) is 0.364. The molecule has 3 aromatic heterocycles. The predicted octanol–water partition coefficient (Wildman–Crippen LogP) is 3.64. The first-order valence-corrected chi connectivity index (χ1v) is 10.1. The molecule has 3 atom stereocenters. The van der Waals surface area contributed by atoms with Crippen molar-refractivity contribution in [3.05, 3.63) is 63.7 Å². The summed E-state index contributed by atoms with van der Waals surface area (Å²) in [7, 11) is 3.28. The van der Waals surface area contributed by atoms with E-state index in [0.29, 0.717) is 52.2 Å². The lowest BCUT2D eigenvalue weighted by molar-refractivity contribution is 0.280. The summed E-state index contributed by atoms with van der Waals surface area (Å²) in [6.45, 7) is 4.48. The average Bonchev–Trinajstić information content (AvgIpc) is 3.38. The van der Waals surface area contributed by atoms with Crippen LogP contribution >= 0.6 is 11.6 Å². The highest BCUT2D eigenvalue weighted by Gasteiger charge is 2.49. The molecule has 3 aromatic rings. The van der Waals surface area contributed by atoms with E-state index in [-0.39, 0.29) is 5.56 Å². The monoisotopic (exact) mass is 426 g/mol. The normalized spacial score (nSPS) is 20.1. The topological polar surface area (TPSA) is 79.1 Å². The Morgan fingerprint density at radius 3 is 2.70 bits per heavy atom. The highest BCUT2D eigenvalue weighted by Crippen LogP contribution is 2.53. The molecule has 7 nitrogen and oxygen atoms in total. The lowest BCUT2D eigenvalue weighted by Gasteiger charge is -2.12. The maximum Gasteiger partial charge on any atom is 0.250 e. The van der Waals surface area contributed by atoms with Crippen LogP contribution in [0.4, 0.5) is 0 Å². The van der Waals surface area contributed by atoms with E-state index >= 15 is 0 Å². The number of hydrogen-bond donors (Lipinski definition) is 0. The molecule has 0 saturated heterocycles. The number of aryl methyl sites for hydroxylation is 2. The first-order chi connectivity index (χ1) is 14.4. The summed E-state index contributed by atoms with van der Waals surface area (Å²) < 4.78 is 12.7. The number of methoxy groups -OCH3 is 1. The third kappa shape index (κ3) is 3.89. The van der Waals surface area contributed by atoms with E-state index in [0.717, 1.165) is 11.4 Å². The third-order valence-electron chi connectivity index (χ3n) is 5.66. The molecule has 8 heteroatoms. The summed E-state index contributed by atoms with van der Waals surface area (Å²) in [5.74, 6) is 2.86. The molecule has 0 aliphatic heterocycles. The van der Waals surface area contributed by atoms with Crippen molar-refractivity contribution in [1.82, 2.24) is 19.5 Å². The minimum atomic E-state index is -0.164. The standard InChI is InChI=1S/C22H23ClN4O3/c1-12-17(21(12)19-6-5-14(29-4)8-25-19)11-30-22-16(9-24-13(2)26-22)15-7-20(28)27(3)10-18(15)23/h5-10,12,17,21H,11H2,1-4H3/t12-,17+,21+/m1/s1. The Morgan fingerprint density at radius 1 is 1.20 bits per heavy atom. The highest BCUT2D eigenvalue weighted by molar-refractivity contribution is 6.33.